The summed E-state index contributed by atoms with van der Waals surface area (Å²) >= 11 is 0. The Morgan fingerprint density at radius 1 is 1.07 bits per heavy atom. The molecule has 1 aromatic rings. The van der Waals surface area contributed by atoms with Crippen LogP contribution in [0.5, 0.6) is 0 Å². The largest absolute Gasteiger partial charge is 0.357 e. The third-order valence-electron chi connectivity index (χ3n) is 3.00. The summed E-state index contributed by atoms with van der Waals surface area (Å²) < 4.78 is 0. The van der Waals surface area contributed by atoms with Crippen LogP contribution in [0.3, 0.4) is 0 Å². The summed E-state index contributed by atoms with van der Waals surface area (Å²) in [5, 5.41) is 8.12. The van der Waals surface area contributed by atoms with Gasteiger partial charge in [0.1, 0.15) is 5.84 Å². The first kappa shape index (κ1) is 10.2. The van der Waals surface area contributed by atoms with E-state index in [2.05, 4.69) is 24.0 Å². The molecule has 1 fully saturated rings. The van der Waals surface area contributed by atoms with Crippen molar-refractivity contribution in [1.82, 2.24) is 4.90 Å². The monoisotopic (exact) mass is 202 g/mol. The molecular formula is C13H18N2. The Hall–Kier alpha value is -1.31. The van der Waals surface area contributed by atoms with Gasteiger partial charge in [-0.05, 0) is 26.2 Å². The van der Waals surface area contributed by atoms with E-state index in [4.69, 9.17) is 5.41 Å². The van der Waals surface area contributed by atoms with Crippen molar-refractivity contribution >= 4 is 5.84 Å². The number of rotatable bonds is 1. The summed E-state index contributed by atoms with van der Waals surface area (Å²) in [6.45, 7) is 4.17. The zero-order valence-corrected chi connectivity index (χ0v) is 9.29. The number of amidine groups is 1. The van der Waals surface area contributed by atoms with Crippen LogP contribution in [0.25, 0.3) is 0 Å². The van der Waals surface area contributed by atoms with Gasteiger partial charge >= 0.3 is 0 Å². The zero-order chi connectivity index (χ0) is 10.7. The van der Waals surface area contributed by atoms with Crippen LogP contribution in [0.4, 0.5) is 0 Å². The molecule has 0 aliphatic carbocycles. The van der Waals surface area contributed by atoms with Crippen LogP contribution >= 0.6 is 0 Å². The number of aryl methyl sites for hydroxylation is 1. The van der Waals surface area contributed by atoms with Gasteiger partial charge in [-0.3, -0.25) is 5.41 Å². The number of nitrogens with one attached hydrogen (secondary N) is 1. The highest BCUT2D eigenvalue weighted by Crippen LogP contribution is 2.13. The molecule has 1 aliphatic rings. The first-order chi connectivity index (χ1) is 7.27. The molecule has 2 heteroatoms. The third kappa shape index (κ3) is 2.38. The Balaban J connectivity index is 2.09. The van der Waals surface area contributed by atoms with Gasteiger partial charge in [0.15, 0.2) is 0 Å². The molecule has 2 nitrogen and oxygen atoms in total. The maximum atomic E-state index is 8.12. The summed E-state index contributed by atoms with van der Waals surface area (Å²) in [6.07, 6.45) is 3.78. The second-order valence-corrected chi connectivity index (χ2v) is 4.26. The molecule has 0 atom stereocenters. The average molecular weight is 202 g/mol. The van der Waals surface area contributed by atoms with E-state index >= 15 is 0 Å². The molecule has 1 heterocycles. The van der Waals surface area contributed by atoms with Crippen molar-refractivity contribution in [2.75, 3.05) is 13.1 Å². The van der Waals surface area contributed by atoms with Gasteiger partial charge in [-0.15, -0.1) is 0 Å². The van der Waals surface area contributed by atoms with Crippen LogP contribution < -0.4 is 0 Å². The van der Waals surface area contributed by atoms with Crippen molar-refractivity contribution < 1.29 is 0 Å². The number of likely N-dealkylation sites (tertiary alicyclic amines) is 1. The molecule has 15 heavy (non-hydrogen) atoms. The first-order valence-electron chi connectivity index (χ1n) is 5.68. The van der Waals surface area contributed by atoms with Crippen LogP contribution in [0, 0.1) is 12.3 Å². The summed E-state index contributed by atoms with van der Waals surface area (Å²) in [7, 11) is 0. The van der Waals surface area contributed by atoms with Crippen molar-refractivity contribution in [1.29, 1.82) is 5.41 Å². The predicted molar refractivity (Wildman–Crippen MR) is 63.4 cm³/mol. The van der Waals surface area contributed by atoms with Crippen LogP contribution in [0.15, 0.2) is 24.3 Å². The van der Waals surface area contributed by atoms with Crippen molar-refractivity contribution in [3.8, 4) is 0 Å². The highest BCUT2D eigenvalue weighted by atomic mass is 15.2. The van der Waals surface area contributed by atoms with E-state index in [1.807, 2.05) is 12.1 Å². The van der Waals surface area contributed by atoms with E-state index in [0.717, 1.165) is 18.7 Å². The van der Waals surface area contributed by atoms with Gasteiger partial charge in [-0.1, -0.05) is 29.8 Å². The molecule has 0 spiro atoms. The Bertz CT molecular complexity index is 334. The Kier molecular flexibility index (Phi) is 3.05. The van der Waals surface area contributed by atoms with Crippen molar-refractivity contribution in [2.24, 2.45) is 0 Å². The molecule has 0 saturated carbocycles. The number of benzene rings is 1. The average Bonchev–Trinajstić information content (AvgIpc) is 2.30. The molecule has 1 aromatic carbocycles. The highest BCUT2D eigenvalue weighted by molar-refractivity contribution is 5.96. The minimum absolute atomic E-state index is 0.690. The van der Waals surface area contributed by atoms with Crippen molar-refractivity contribution in [2.45, 2.75) is 26.2 Å². The van der Waals surface area contributed by atoms with E-state index in [9.17, 15) is 0 Å². The lowest BCUT2D eigenvalue weighted by Gasteiger charge is -2.29. The first-order valence-corrected chi connectivity index (χ1v) is 5.68. The molecule has 1 saturated heterocycles. The van der Waals surface area contributed by atoms with Gasteiger partial charge in [-0.2, -0.15) is 0 Å². The number of nitrogens with zero attached hydrogens (tertiary/aromatic N) is 1. The maximum Gasteiger partial charge on any atom is 0.128 e. The molecule has 0 bridgehead atoms. The van der Waals surface area contributed by atoms with Gasteiger partial charge in [0.25, 0.3) is 0 Å². The lowest BCUT2D eigenvalue weighted by Crippen LogP contribution is -2.35. The second-order valence-electron chi connectivity index (χ2n) is 4.26. The van der Waals surface area contributed by atoms with E-state index in [1.165, 1.54) is 24.8 Å². The quantitative estimate of drug-likeness (QED) is 0.550. The fourth-order valence-corrected chi connectivity index (χ4v) is 2.01. The molecule has 0 aromatic heterocycles. The number of hydrogen-bond donors (Lipinski definition) is 1. The van der Waals surface area contributed by atoms with Gasteiger partial charge in [0.05, 0.1) is 0 Å². The summed E-state index contributed by atoms with van der Waals surface area (Å²) in [4.78, 5) is 2.19. The van der Waals surface area contributed by atoms with Crippen LogP contribution in [0.2, 0.25) is 0 Å². The van der Waals surface area contributed by atoms with E-state index in [0.29, 0.717) is 5.84 Å². The smallest absolute Gasteiger partial charge is 0.128 e. The highest BCUT2D eigenvalue weighted by Gasteiger charge is 2.14. The molecular weight excluding hydrogens is 184 g/mol. The van der Waals surface area contributed by atoms with Gasteiger partial charge in [0, 0.05) is 18.7 Å². The second kappa shape index (κ2) is 4.47. The summed E-state index contributed by atoms with van der Waals surface area (Å²) in [5.41, 5.74) is 2.30. The fraction of sp³-hybridized carbons (Fsp3) is 0.462. The molecule has 0 amide bonds. The standard InChI is InChI=1S/C13H18N2/c1-11-5-7-12(8-6-11)13(14)15-9-3-2-4-10-15/h5-8,14H,2-4,9-10H2,1H3. The zero-order valence-electron chi connectivity index (χ0n) is 9.29. The van der Waals surface area contributed by atoms with Crippen LogP contribution in [0.1, 0.15) is 30.4 Å². The lowest BCUT2D eigenvalue weighted by molar-refractivity contribution is 0.341. The van der Waals surface area contributed by atoms with E-state index in [-0.39, 0.29) is 0 Å². The third-order valence-corrected chi connectivity index (χ3v) is 3.00. The number of hydrogen-bond acceptors (Lipinski definition) is 1. The topological polar surface area (TPSA) is 27.1 Å². The van der Waals surface area contributed by atoms with Crippen molar-refractivity contribution in [3.05, 3.63) is 35.4 Å². The van der Waals surface area contributed by atoms with Gasteiger partial charge in [0.2, 0.25) is 0 Å². The lowest BCUT2D eigenvalue weighted by atomic mass is 10.1. The summed E-state index contributed by atoms with van der Waals surface area (Å²) in [5.74, 6) is 0.690. The maximum absolute atomic E-state index is 8.12. The number of piperidine rings is 1. The minimum Gasteiger partial charge on any atom is -0.357 e. The molecule has 80 valence electrons. The Labute approximate surface area is 91.4 Å². The van der Waals surface area contributed by atoms with Crippen LogP contribution in [-0.4, -0.2) is 23.8 Å². The van der Waals surface area contributed by atoms with Gasteiger partial charge in [-0.25, -0.2) is 0 Å². The summed E-state index contributed by atoms with van der Waals surface area (Å²) in [6, 6.07) is 8.25. The minimum atomic E-state index is 0.690. The van der Waals surface area contributed by atoms with E-state index in [1.54, 1.807) is 0 Å². The van der Waals surface area contributed by atoms with E-state index < -0.39 is 0 Å². The van der Waals surface area contributed by atoms with Gasteiger partial charge < -0.3 is 4.90 Å². The Morgan fingerprint density at radius 3 is 2.27 bits per heavy atom. The SMILES string of the molecule is Cc1ccc(C(=N)N2CCCCC2)cc1. The molecule has 0 unspecified atom stereocenters. The van der Waals surface area contributed by atoms with Crippen molar-refractivity contribution in [3.63, 3.8) is 0 Å². The molecule has 2 rings (SSSR count). The molecule has 0 radical (unpaired) electrons. The van der Waals surface area contributed by atoms with Crippen LogP contribution in [-0.2, 0) is 0 Å². The fourth-order valence-electron chi connectivity index (χ4n) is 2.01. The Morgan fingerprint density at radius 2 is 1.67 bits per heavy atom. The molecule has 1 N–H and O–H groups in total. The normalized spacial score (nSPS) is 16.5. The molecule has 1 aliphatic heterocycles. The predicted octanol–water partition coefficient (Wildman–Crippen LogP) is 2.81.